The number of anilines is 2. The van der Waals surface area contributed by atoms with Gasteiger partial charge in [-0.25, -0.2) is 0 Å². The van der Waals surface area contributed by atoms with Crippen molar-refractivity contribution in [2.45, 2.75) is 39.7 Å². The number of aromatic nitrogens is 1. The zero-order valence-electron chi connectivity index (χ0n) is 21.6. The lowest BCUT2D eigenvalue weighted by molar-refractivity contribution is -0.118. The van der Waals surface area contributed by atoms with Crippen molar-refractivity contribution < 1.29 is 19.0 Å². The Morgan fingerprint density at radius 2 is 1.72 bits per heavy atom. The Morgan fingerprint density at radius 3 is 2.50 bits per heavy atom. The molecule has 4 heterocycles. The molecule has 36 heavy (non-hydrogen) atoms. The topological polar surface area (TPSA) is 85.0 Å². The molecule has 8 nitrogen and oxygen atoms in total. The molecule has 3 aliphatic heterocycles. The molecule has 0 aliphatic carbocycles. The Labute approximate surface area is 212 Å². The molecule has 0 atom stereocenters. The number of nitrogens with zero attached hydrogens (tertiary/aromatic N) is 2. The van der Waals surface area contributed by atoms with Gasteiger partial charge in [0.1, 0.15) is 19.0 Å². The lowest BCUT2D eigenvalue weighted by Crippen LogP contribution is -2.41. The van der Waals surface area contributed by atoms with E-state index in [0.717, 1.165) is 71.2 Å². The van der Waals surface area contributed by atoms with E-state index in [-0.39, 0.29) is 12.5 Å². The van der Waals surface area contributed by atoms with Crippen molar-refractivity contribution in [3.05, 3.63) is 48.2 Å². The molecule has 0 saturated carbocycles. The van der Waals surface area contributed by atoms with Gasteiger partial charge >= 0.3 is 0 Å². The summed E-state index contributed by atoms with van der Waals surface area (Å²) in [5, 5.41) is 7.21. The Bertz CT molecular complexity index is 1190. The molecular weight excluding hydrogens is 456 g/mol. The van der Waals surface area contributed by atoms with Gasteiger partial charge in [-0.05, 0) is 69.3 Å². The van der Waals surface area contributed by atoms with Crippen LogP contribution in [0.15, 0.2) is 42.5 Å². The number of fused-ring (bicyclic) bond motifs is 4. The first-order valence-electron chi connectivity index (χ1n) is 12.8. The second-order valence-electron chi connectivity index (χ2n) is 8.68. The van der Waals surface area contributed by atoms with Crippen LogP contribution in [0.4, 0.5) is 11.4 Å². The van der Waals surface area contributed by atoms with E-state index in [4.69, 9.17) is 14.2 Å². The lowest BCUT2D eigenvalue weighted by Gasteiger charge is -2.34. The van der Waals surface area contributed by atoms with Crippen molar-refractivity contribution in [2.75, 3.05) is 50.2 Å². The molecule has 192 valence electrons. The number of ether oxygens (including phenoxy) is 3. The number of pyridine rings is 1. The van der Waals surface area contributed by atoms with E-state index < -0.39 is 0 Å². The number of aryl methyl sites for hydroxylation is 1. The van der Waals surface area contributed by atoms with Gasteiger partial charge in [-0.1, -0.05) is 13.8 Å². The summed E-state index contributed by atoms with van der Waals surface area (Å²) < 4.78 is 16.5. The third kappa shape index (κ3) is 5.82. The Morgan fingerprint density at radius 1 is 0.972 bits per heavy atom. The van der Waals surface area contributed by atoms with Crippen molar-refractivity contribution in [1.82, 2.24) is 10.3 Å². The summed E-state index contributed by atoms with van der Waals surface area (Å²) >= 11 is 0. The van der Waals surface area contributed by atoms with Crippen molar-refractivity contribution in [3.8, 4) is 17.2 Å². The normalized spacial score (nSPS) is 16.4. The fourth-order valence-electron chi connectivity index (χ4n) is 4.51. The minimum atomic E-state index is -0.0847. The van der Waals surface area contributed by atoms with E-state index in [1.807, 2.05) is 64.2 Å². The van der Waals surface area contributed by atoms with Gasteiger partial charge in [0.15, 0.2) is 18.1 Å². The molecule has 6 rings (SSSR count). The van der Waals surface area contributed by atoms with Crippen molar-refractivity contribution >= 4 is 28.2 Å². The van der Waals surface area contributed by atoms with Crippen LogP contribution in [0.3, 0.4) is 0 Å². The SMILES string of the molecule is CC.CNC1CCN(c2ccc3c(c2)NC(=O)CO3)CC1.Cc1ccc2c3c(ccc2n1)OCCO3. The smallest absolute Gasteiger partial charge is 0.262 e. The van der Waals surface area contributed by atoms with Crippen LogP contribution in [0.5, 0.6) is 17.2 Å². The zero-order chi connectivity index (χ0) is 25.5. The van der Waals surface area contributed by atoms with Crippen molar-refractivity contribution in [1.29, 1.82) is 0 Å². The predicted octanol–water partition coefficient (Wildman–Crippen LogP) is 4.55. The van der Waals surface area contributed by atoms with E-state index in [1.165, 1.54) is 0 Å². The number of piperidine rings is 1. The van der Waals surface area contributed by atoms with Gasteiger partial charge in [0.25, 0.3) is 5.91 Å². The van der Waals surface area contributed by atoms with Gasteiger partial charge in [0.2, 0.25) is 0 Å². The van der Waals surface area contributed by atoms with Crippen LogP contribution in [-0.4, -0.2) is 56.9 Å². The number of benzene rings is 2. The van der Waals surface area contributed by atoms with E-state index in [0.29, 0.717) is 19.3 Å². The predicted molar refractivity (Wildman–Crippen MR) is 144 cm³/mol. The molecule has 0 radical (unpaired) electrons. The maximum absolute atomic E-state index is 11.3. The van der Waals surface area contributed by atoms with Gasteiger partial charge in [0, 0.05) is 35.9 Å². The fraction of sp³-hybridized carbons (Fsp3) is 0.429. The Hall–Kier alpha value is -3.52. The number of nitrogens with one attached hydrogen (secondary N) is 2. The van der Waals surface area contributed by atoms with Crippen LogP contribution < -0.4 is 29.7 Å². The van der Waals surface area contributed by atoms with Crippen LogP contribution in [0, 0.1) is 6.92 Å². The third-order valence-electron chi connectivity index (χ3n) is 6.38. The monoisotopic (exact) mass is 492 g/mol. The molecule has 2 N–H and O–H groups in total. The minimum Gasteiger partial charge on any atom is -0.486 e. The van der Waals surface area contributed by atoms with E-state index in [9.17, 15) is 4.79 Å². The highest BCUT2D eigenvalue weighted by Gasteiger charge is 2.21. The maximum Gasteiger partial charge on any atom is 0.262 e. The molecular formula is C28H36N4O4. The van der Waals surface area contributed by atoms with E-state index >= 15 is 0 Å². The van der Waals surface area contributed by atoms with Gasteiger partial charge in [-0.15, -0.1) is 0 Å². The standard InChI is InChI=1S/C14H19N3O2.C12H11NO2.C2H6/c1-15-10-4-6-17(7-5-10)11-2-3-13-12(8-11)16-14(18)9-19-13;1-8-2-3-9-10(13-8)4-5-11-12(9)15-7-6-14-11;1-2/h2-3,8,10,15H,4-7,9H2,1H3,(H,16,18);2-5H,6-7H2,1H3;1-2H3. The molecule has 0 bridgehead atoms. The van der Waals surface area contributed by atoms with Crippen molar-refractivity contribution in [3.63, 3.8) is 0 Å². The summed E-state index contributed by atoms with van der Waals surface area (Å²) in [6, 6.07) is 14.5. The molecule has 0 unspecified atom stereocenters. The highest BCUT2D eigenvalue weighted by atomic mass is 16.6. The fourth-order valence-corrected chi connectivity index (χ4v) is 4.51. The van der Waals surface area contributed by atoms with Gasteiger partial charge < -0.3 is 29.7 Å². The molecule has 3 aromatic rings. The maximum atomic E-state index is 11.3. The summed E-state index contributed by atoms with van der Waals surface area (Å²) in [7, 11) is 2.02. The highest BCUT2D eigenvalue weighted by molar-refractivity contribution is 5.96. The Balaban J connectivity index is 0.000000162. The molecule has 0 spiro atoms. The zero-order valence-corrected chi connectivity index (χ0v) is 21.6. The van der Waals surface area contributed by atoms with Crippen LogP contribution >= 0.6 is 0 Å². The summed E-state index contributed by atoms with van der Waals surface area (Å²) in [6.07, 6.45) is 2.30. The largest absolute Gasteiger partial charge is 0.486 e. The van der Waals surface area contributed by atoms with Crippen LogP contribution in [0.25, 0.3) is 10.9 Å². The molecule has 1 fully saturated rings. The molecule has 1 aromatic heterocycles. The first kappa shape index (κ1) is 25.6. The quantitative estimate of drug-likeness (QED) is 0.543. The highest BCUT2D eigenvalue weighted by Crippen LogP contribution is 2.37. The molecule has 1 amide bonds. The Kier molecular flexibility index (Phi) is 8.48. The molecule has 3 aliphatic rings. The number of hydrogen-bond donors (Lipinski definition) is 2. The first-order valence-corrected chi connectivity index (χ1v) is 12.8. The second kappa shape index (κ2) is 11.9. The van der Waals surface area contributed by atoms with Crippen LogP contribution in [-0.2, 0) is 4.79 Å². The second-order valence-corrected chi connectivity index (χ2v) is 8.68. The lowest BCUT2D eigenvalue weighted by atomic mass is 10.0. The van der Waals surface area contributed by atoms with Crippen LogP contribution in [0.2, 0.25) is 0 Å². The molecule has 8 heteroatoms. The van der Waals surface area contributed by atoms with Gasteiger partial charge in [-0.3, -0.25) is 9.78 Å². The van der Waals surface area contributed by atoms with Crippen molar-refractivity contribution in [2.24, 2.45) is 0 Å². The minimum absolute atomic E-state index is 0.0847. The average molecular weight is 493 g/mol. The number of rotatable bonds is 2. The van der Waals surface area contributed by atoms with Crippen LogP contribution in [0.1, 0.15) is 32.4 Å². The van der Waals surface area contributed by atoms with E-state index in [2.05, 4.69) is 26.6 Å². The summed E-state index contributed by atoms with van der Waals surface area (Å²) in [5.41, 5.74) is 3.90. The van der Waals surface area contributed by atoms with Gasteiger partial charge in [-0.2, -0.15) is 0 Å². The number of amides is 1. The first-order chi connectivity index (χ1) is 17.6. The third-order valence-corrected chi connectivity index (χ3v) is 6.38. The van der Waals surface area contributed by atoms with E-state index in [1.54, 1.807) is 0 Å². The summed E-state index contributed by atoms with van der Waals surface area (Å²) in [6.45, 7) is 9.41. The number of carbonyl (C=O) groups is 1. The number of hydrogen-bond acceptors (Lipinski definition) is 7. The molecule has 2 aromatic carbocycles. The number of carbonyl (C=O) groups excluding carboxylic acids is 1. The summed E-state index contributed by atoms with van der Waals surface area (Å²) in [4.78, 5) is 18.1. The summed E-state index contributed by atoms with van der Waals surface area (Å²) in [5.74, 6) is 2.32. The average Bonchev–Trinajstić information content (AvgIpc) is 2.94. The molecule has 1 saturated heterocycles. The van der Waals surface area contributed by atoms with Gasteiger partial charge in [0.05, 0.1) is 11.2 Å².